The van der Waals surface area contributed by atoms with Crippen LogP contribution >= 0.6 is 0 Å². The van der Waals surface area contributed by atoms with Crippen LogP contribution in [0.5, 0.6) is 0 Å². The summed E-state index contributed by atoms with van der Waals surface area (Å²) in [6, 6.07) is 15.5. The summed E-state index contributed by atoms with van der Waals surface area (Å²) in [5.41, 5.74) is 9.30. The predicted molar refractivity (Wildman–Crippen MR) is 113 cm³/mol. The molecule has 2 aromatic carbocycles. The van der Waals surface area contributed by atoms with Crippen LogP contribution in [0, 0.1) is 19.8 Å². The number of aryl methyl sites for hydroxylation is 3. The van der Waals surface area contributed by atoms with E-state index in [1.54, 1.807) is 0 Å². The molecular weight excluding hydrogens is 316 g/mol. The van der Waals surface area contributed by atoms with Gasteiger partial charge in [0.05, 0.1) is 5.71 Å². The fourth-order valence-corrected chi connectivity index (χ4v) is 3.92. The molecule has 0 spiro atoms. The Morgan fingerprint density at radius 1 is 0.885 bits per heavy atom. The van der Waals surface area contributed by atoms with E-state index < -0.39 is 0 Å². The molecule has 1 unspecified atom stereocenters. The Labute approximate surface area is 158 Å². The molecule has 2 heteroatoms. The number of hydrogen-bond donors (Lipinski definition) is 0. The van der Waals surface area contributed by atoms with Crippen LogP contribution in [0.4, 0.5) is 0 Å². The zero-order chi connectivity index (χ0) is 18.7. The first-order chi connectivity index (χ1) is 12.4. The Morgan fingerprint density at radius 3 is 2.23 bits per heavy atom. The molecule has 0 aliphatic carbocycles. The van der Waals surface area contributed by atoms with Gasteiger partial charge in [-0.05, 0) is 49.3 Å². The van der Waals surface area contributed by atoms with E-state index >= 15 is 0 Å². The summed E-state index contributed by atoms with van der Waals surface area (Å²) >= 11 is 0. The molecule has 136 valence electrons. The van der Waals surface area contributed by atoms with Crippen LogP contribution in [-0.2, 0) is 12.8 Å². The van der Waals surface area contributed by atoms with Crippen molar-refractivity contribution in [1.82, 2.24) is 0 Å². The van der Waals surface area contributed by atoms with Gasteiger partial charge < -0.3 is 0 Å². The summed E-state index contributed by atoms with van der Waals surface area (Å²) in [4.78, 5) is 0. The van der Waals surface area contributed by atoms with Crippen molar-refractivity contribution in [2.45, 2.75) is 59.8 Å². The van der Waals surface area contributed by atoms with Crippen molar-refractivity contribution in [2.75, 3.05) is 0 Å². The van der Waals surface area contributed by atoms with Gasteiger partial charge in [0.2, 0.25) is 0 Å². The molecule has 0 saturated heterocycles. The van der Waals surface area contributed by atoms with Crippen LogP contribution in [0.15, 0.2) is 52.7 Å². The maximum Gasteiger partial charge on any atom is 0.0534 e. The minimum absolute atomic E-state index is 0.349. The Balaban J connectivity index is 1.63. The van der Waals surface area contributed by atoms with Gasteiger partial charge in [-0.3, -0.25) is 0 Å². The average Bonchev–Trinajstić information content (AvgIpc) is 2.92. The van der Waals surface area contributed by atoms with Crippen molar-refractivity contribution in [3.8, 4) is 0 Å². The lowest BCUT2D eigenvalue weighted by atomic mass is 9.89. The highest BCUT2D eigenvalue weighted by atomic mass is 15.2. The largest absolute Gasteiger partial charge is 0.159 e. The third-order valence-corrected chi connectivity index (χ3v) is 5.30. The first kappa shape index (κ1) is 18.6. The van der Waals surface area contributed by atoms with Crippen LogP contribution in [0.3, 0.4) is 0 Å². The number of nitrogens with zero attached hydrogens (tertiary/aromatic N) is 2. The maximum absolute atomic E-state index is 4.53. The van der Waals surface area contributed by atoms with Crippen molar-refractivity contribution >= 4 is 11.4 Å². The van der Waals surface area contributed by atoms with Crippen molar-refractivity contribution < 1.29 is 0 Å². The van der Waals surface area contributed by atoms with Crippen molar-refractivity contribution in [3.05, 3.63) is 70.3 Å². The van der Waals surface area contributed by atoms with Crippen molar-refractivity contribution in [1.29, 1.82) is 0 Å². The van der Waals surface area contributed by atoms with Gasteiger partial charge >= 0.3 is 0 Å². The number of rotatable bonds is 6. The zero-order valence-electron chi connectivity index (χ0n) is 16.7. The lowest BCUT2D eigenvalue weighted by Crippen LogP contribution is -2.19. The molecule has 0 saturated carbocycles. The fourth-order valence-electron chi connectivity index (χ4n) is 3.92. The summed E-state index contributed by atoms with van der Waals surface area (Å²) in [6.07, 6.45) is 2.94. The van der Waals surface area contributed by atoms with E-state index in [0.717, 1.165) is 19.3 Å². The molecule has 1 aliphatic heterocycles. The van der Waals surface area contributed by atoms with E-state index in [1.807, 2.05) is 0 Å². The van der Waals surface area contributed by atoms with E-state index in [4.69, 9.17) is 0 Å². The minimum atomic E-state index is 0.349. The summed E-state index contributed by atoms with van der Waals surface area (Å²) in [5, 5.41) is 9.06. The third kappa shape index (κ3) is 4.30. The maximum atomic E-state index is 4.53. The second kappa shape index (κ2) is 7.99. The second-order valence-corrected chi connectivity index (χ2v) is 7.93. The molecule has 0 aromatic heterocycles. The van der Waals surface area contributed by atoms with E-state index in [0.29, 0.717) is 11.8 Å². The Bertz CT molecular complexity index is 823. The molecule has 2 aromatic rings. The Morgan fingerprint density at radius 2 is 1.54 bits per heavy atom. The highest BCUT2D eigenvalue weighted by Crippen LogP contribution is 2.23. The van der Waals surface area contributed by atoms with E-state index in [2.05, 4.69) is 87.3 Å². The van der Waals surface area contributed by atoms with E-state index in [9.17, 15) is 0 Å². The van der Waals surface area contributed by atoms with Gasteiger partial charge in [0.1, 0.15) is 0 Å². The molecule has 0 N–H and O–H groups in total. The van der Waals surface area contributed by atoms with Crippen molar-refractivity contribution in [2.24, 2.45) is 16.1 Å². The van der Waals surface area contributed by atoms with Crippen LogP contribution in [-0.4, -0.2) is 11.4 Å². The molecular formula is C24H30N2. The molecule has 0 bridgehead atoms. The van der Waals surface area contributed by atoms with Crippen LogP contribution in [0.1, 0.15) is 60.9 Å². The lowest BCUT2D eigenvalue weighted by Gasteiger charge is -2.14. The SMILES string of the molecule is Cc1cc(C)cc(CC2=NN=C(CCc3ccccc3C(C)C)C2C)c1. The summed E-state index contributed by atoms with van der Waals surface area (Å²) < 4.78 is 0. The molecule has 1 aliphatic rings. The van der Waals surface area contributed by atoms with Gasteiger partial charge in [-0.15, -0.1) is 0 Å². The van der Waals surface area contributed by atoms with Crippen LogP contribution in [0.25, 0.3) is 0 Å². The second-order valence-electron chi connectivity index (χ2n) is 7.93. The highest BCUT2D eigenvalue weighted by molar-refractivity contribution is 6.10. The van der Waals surface area contributed by atoms with Gasteiger partial charge in [-0.1, -0.05) is 74.4 Å². The first-order valence-corrected chi connectivity index (χ1v) is 9.72. The van der Waals surface area contributed by atoms with E-state index in [-0.39, 0.29) is 0 Å². The van der Waals surface area contributed by atoms with Crippen LogP contribution in [0.2, 0.25) is 0 Å². The lowest BCUT2D eigenvalue weighted by molar-refractivity contribution is 0.833. The molecule has 3 rings (SSSR count). The first-order valence-electron chi connectivity index (χ1n) is 9.72. The molecule has 0 radical (unpaired) electrons. The number of hydrogen-bond acceptors (Lipinski definition) is 2. The van der Waals surface area contributed by atoms with Gasteiger partial charge in [-0.25, -0.2) is 0 Å². The summed E-state index contributed by atoms with van der Waals surface area (Å²) in [6.45, 7) is 11.1. The molecule has 0 fully saturated rings. The molecule has 0 amide bonds. The molecule has 1 heterocycles. The normalized spacial score (nSPS) is 16.8. The van der Waals surface area contributed by atoms with Gasteiger partial charge in [0.25, 0.3) is 0 Å². The summed E-state index contributed by atoms with van der Waals surface area (Å²) in [7, 11) is 0. The Hall–Kier alpha value is -2.22. The molecule has 2 nitrogen and oxygen atoms in total. The standard InChI is InChI=1S/C24H30N2/c1-16(2)22-9-7-6-8-21(22)10-11-23-19(5)24(26-25-23)15-20-13-17(3)12-18(4)14-20/h6-9,12-14,16,19H,10-11,15H2,1-5H3. The highest BCUT2D eigenvalue weighted by Gasteiger charge is 2.23. The summed E-state index contributed by atoms with van der Waals surface area (Å²) in [5.74, 6) is 0.910. The monoisotopic (exact) mass is 346 g/mol. The fraction of sp³-hybridized carbons (Fsp3) is 0.417. The molecule has 26 heavy (non-hydrogen) atoms. The van der Waals surface area contributed by atoms with Crippen molar-refractivity contribution in [3.63, 3.8) is 0 Å². The Kier molecular flexibility index (Phi) is 5.70. The van der Waals surface area contributed by atoms with Gasteiger partial charge in [0, 0.05) is 18.1 Å². The smallest absolute Gasteiger partial charge is 0.0534 e. The predicted octanol–water partition coefficient (Wildman–Crippen LogP) is 6.05. The third-order valence-electron chi connectivity index (χ3n) is 5.30. The van der Waals surface area contributed by atoms with Gasteiger partial charge in [0.15, 0.2) is 0 Å². The average molecular weight is 347 g/mol. The van der Waals surface area contributed by atoms with Crippen LogP contribution < -0.4 is 0 Å². The quantitative estimate of drug-likeness (QED) is 0.608. The molecule has 1 atom stereocenters. The minimum Gasteiger partial charge on any atom is -0.159 e. The van der Waals surface area contributed by atoms with E-state index in [1.165, 1.54) is 39.2 Å². The zero-order valence-corrected chi connectivity index (χ0v) is 16.7. The van der Waals surface area contributed by atoms with Gasteiger partial charge in [-0.2, -0.15) is 10.2 Å². The topological polar surface area (TPSA) is 24.7 Å². The number of benzene rings is 2.